The van der Waals surface area contributed by atoms with Crippen LogP contribution >= 0.6 is 0 Å². The summed E-state index contributed by atoms with van der Waals surface area (Å²) >= 11 is 0. The van der Waals surface area contributed by atoms with E-state index in [1.54, 1.807) is 6.20 Å². The Hall–Kier alpha value is -1.66. The molecule has 0 radical (unpaired) electrons. The number of aromatic nitrogens is 3. The van der Waals surface area contributed by atoms with Crippen molar-refractivity contribution in [1.29, 1.82) is 0 Å². The zero-order valence-electron chi connectivity index (χ0n) is 11.2. The van der Waals surface area contributed by atoms with Crippen molar-refractivity contribution in [1.82, 2.24) is 20.3 Å². The summed E-state index contributed by atoms with van der Waals surface area (Å²) in [6, 6.07) is 0.0620. The maximum atomic E-state index is 11.5. The second-order valence-electron chi connectivity index (χ2n) is 5.16. The summed E-state index contributed by atoms with van der Waals surface area (Å²) in [6.07, 6.45) is 4.09. The molecule has 0 aromatic carbocycles. The van der Waals surface area contributed by atoms with Crippen molar-refractivity contribution in [3.63, 3.8) is 0 Å². The fourth-order valence-electron chi connectivity index (χ4n) is 2.19. The van der Waals surface area contributed by atoms with E-state index >= 15 is 0 Å². The van der Waals surface area contributed by atoms with Gasteiger partial charge in [0, 0.05) is 24.3 Å². The number of fused-ring (bicyclic) bond motifs is 1. The molecule has 6 nitrogen and oxygen atoms in total. The molecule has 2 rings (SSSR count). The zero-order valence-corrected chi connectivity index (χ0v) is 11.2. The van der Waals surface area contributed by atoms with E-state index in [0.29, 0.717) is 23.5 Å². The monoisotopic (exact) mass is 264 g/mol. The highest BCUT2D eigenvalue weighted by Crippen LogP contribution is 2.12. The molecule has 104 valence electrons. The van der Waals surface area contributed by atoms with Crippen molar-refractivity contribution < 1.29 is 5.11 Å². The molecule has 0 amide bonds. The van der Waals surface area contributed by atoms with E-state index < -0.39 is 0 Å². The molecular formula is C13H20N4O2. The number of H-pyrrole nitrogens is 2. The second kappa shape index (κ2) is 5.99. The summed E-state index contributed by atoms with van der Waals surface area (Å²) < 4.78 is 0. The van der Waals surface area contributed by atoms with Gasteiger partial charge in [-0.15, -0.1) is 0 Å². The van der Waals surface area contributed by atoms with Crippen molar-refractivity contribution in [2.45, 2.75) is 32.9 Å². The van der Waals surface area contributed by atoms with Crippen LogP contribution in [-0.2, 0) is 6.54 Å². The van der Waals surface area contributed by atoms with Gasteiger partial charge in [0.15, 0.2) is 0 Å². The van der Waals surface area contributed by atoms with Gasteiger partial charge in [0.2, 0.25) is 0 Å². The first kappa shape index (κ1) is 13.8. The normalized spacial score (nSPS) is 13.3. The summed E-state index contributed by atoms with van der Waals surface area (Å²) in [5, 5.41) is 12.6. The third-order valence-electron chi connectivity index (χ3n) is 3.11. The highest BCUT2D eigenvalue weighted by Gasteiger charge is 2.12. The number of aliphatic hydroxyl groups excluding tert-OH is 1. The lowest BCUT2D eigenvalue weighted by atomic mass is 10.0. The van der Waals surface area contributed by atoms with Crippen molar-refractivity contribution >= 4 is 11.0 Å². The van der Waals surface area contributed by atoms with Crippen LogP contribution in [0.5, 0.6) is 0 Å². The quantitative estimate of drug-likeness (QED) is 0.619. The summed E-state index contributed by atoms with van der Waals surface area (Å²) in [5.41, 5.74) is 1.93. The minimum absolute atomic E-state index is 0.0620. The second-order valence-corrected chi connectivity index (χ2v) is 5.16. The number of nitrogens with zero attached hydrogens (tertiary/aromatic N) is 1. The van der Waals surface area contributed by atoms with Crippen LogP contribution in [0.2, 0.25) is 0 Å². The SMILES string of the molecule is CC(C)C[C@H](CO)NCc1c[nH]c2c(=O)[nH]cnc12. The molecular weight excluding hydrogens is 244 g/mol. The van der Waals surface area contributed by atoms with Gasteiger partial charge in [-0.1, -0.05) is 13.8 Å². The Morgan fingerprint density at radius 1 is 1.42 bits per heavy atom. The zero-order chi connectivity index (χ0) is 13.8. The predicted molar refractivity (Wildman–Crippen MR) is 73.9 cm³/mol. The smallest absolute Gasteiger partial charge is 0.275 e. The Balaban J connectivity index is 2.09. The Bertz CT molecular complexity index is 588. The number of rotatable bonds is 6. The van der Waals surface area contributed by atoms with Gasteiger partial charge in [-0.25, -0.2) is 4.98 Å². The van der Waals surface area contributed by atoms with Crippen molar-refractivity contribution in [2.24, 2.45) is 5.92 Å². The lowest BCUT2D eigenvalue weighted by molar-refractivity contribution is 0.223. The Labute approximate surface area is 111 Å². The van der Waals surface area contributed by atoms with E-state index in [-0.39, 0.29) is 18.2 Å². The standard InChI is InChI=1S/C13H20N4O2/c1-8(2)3-10(6-18)14-4-9-5-15-12-11(9)16-7-17-13(12)19/h5,7-8,10,14-15,18H,3-4,6H2,1-2H3,(H,16,17,19)/t10-/m1/s1. The fraction of sp³-hybridized carbons (Fsp3) is 0.538. The van der Waals surface area contributed by atoms with Crippen LogP contribution in [-0.4, -0.2) is 32.7 Å². The van der Waals surface area contributed by atoms with Crippen molar-refractivity contribution in [2.75, 3.05) is 6.61 Å². The van der Waals surface area contributed by atoms with Gasteiger partial charge < -0.3 is 20.4 Å². The number of hydrogen-bond donors (Lipinski definition) is 4. The van der Waals surface area contributed by atoms with Crippen LogP contribution in [0, 0.1) is 5.92 Å². The van der Waals surface area contributed by atoms with Crippen LogP contribution in [0.1, 0.15) is 25.8 Å². The molecule has 0 aliphatic heterocycles. The van der Waals surface area contributed by atoms with Crippen LogP contribution in [0.15, 0.2) is 17.3 Å². The molecule has 0 aliphatic carbocycles. The van der Waals surface area contributed by atoms with E-state index in [2.05, 4.69) is 34.1 Å². The molecule has 2 aromatic rings. The maximum Gasteiger partial charge on any atom is 0.275 e. The van der Waals surface area contributed by atoms with Gasteiger partial charge in [0.05, 0.1) is 18.5 Å². The van der Waals surface area contributed by atoms with E-state index in [4.69, 9.17) is 0 Å². The summed E-state index contributed by atoms with van der Waals surface area (Å²) in [5.74, 6) is 0.522. The summed E-state index contributed by atoms with van der Waals surface area (Å²) in [7, 11) is 0. The van der Waals surface area contributed by atoms with E-state index in [1.807, 2.05) is 0 Å². The molecule has 0 fully saturated rings. The lowest BCUT2D eigenvalue weighted by Crippen LogP contribution is -2.33. The third-order valence-corrected chi connectivity index (χ3v) is 3.11. The molecule has 6 heteroatoms. The van der Waals surface area contributed by atoms with Crippen LogP contribution < -0.4 is 10.9 Å². The van der Waals surface area contributed by atoms with Gasteiger partial charge in [-0.05, 0) is 12.3 Å². The third kappa shape index (κ3) is 3.21. The molecule has 1 atom stereocenters. The van der Waals surface area contributed by atoms with E-state index in [9.17, 15) is 9.90 Å². The van der Waals surface area contributed by atoms with Gasteiger partial charge in [-0.3, -0.25) is 4.79 Å². The molecule has 0 bridgehead atoms. The average molecular weight is 264 g/mol. The molecule has 19 heavy (non-hydrogen) atoms. The molecule has 0 aliphatic rings. The minimum atomic E-state index is -0.169. The first-order valence-electron chi connectivity index (χ1n) is 6.49. The number of aromatic amines is 2. The van der Waals surface area contributed by atoms with Crippen molar-refractivity contribution in [3.05, 3.63) is 28.4 Å². The topological polar surface area (TPSA) is 93.8 Å². The summed E-state index contributed by atoms with van der Waals surface area (Å²) in [4.78, 5) is 21.2. The molecule has 0 spiro atoms. The molecule has 4 N–H and O–H groups in total. The van der Waals surface area contributed by atoms with E-state index in [0.717, 1.165) is 12.0 Å². The predicted octanol–water partition coefficient (Wildman–Crippen LogP) is 0.748. The Morgan fingerprint density at radius 2 is 2.21 bits per heavy atom. The summed E-state index contributed by atoms with van der Waals surface area (Å²) in [6.45, 7) is 4.93. The van der Waals surface area contributed by atoms with Gasteiger partial charge in [-0.2, -0.15) is 0 Å². The van der Waals surface area contributed by atoms with Crippen LogP contribution in [0.4, 0.5) is 0 Å². The minimum Gasteiger partial charge on any atom is -0.395 e. The fourth-order valence-corrected chi connectivity index (χ4v) is 2.19. The largest absolute Gasteiger partial charge is 0.395 e. The first-order valence-corrected chi connectivity index (χ1v) is 6.49. The molecule has 2 aromatic heterocycles. The van der Waals surface area contributed by atoms with Crippen LogP contribution in [0.3, 0.4) is 0 Å². The van der Waals surface area contributed by atoms with Gasteiger partial charge in [0.1, 0.15) is 5.52 Å². The highest BCUT2D eigenvalue weighted by molar-refractivity contribution is 5.77. The lowest BCUT2D eigenvalue weighted by Gasteiger charge is -2.17. The maximum absolute atomic E-state index is 11.5. The molecule has 0 saturated carbocycles. The highest BCUT2D eigenvalue weighted by atomic mass is 16.3. The molecule has 0 unspecified atom stereocenters. The number of aliphatic hydroxyl groups is 1. The van der Waals surface area contributed by atoms with E-state index in [1.165, 1.54) is 6.33 Å². The van der Waals surface area contributed by atoms with Crippen LogP contribution in [0.25, 0.3) is 11.0 Å². The Morgan fingerprint density at radius 3 is 2.89 bits per heavy atom. The van der Waals surface area contributed by atoms with Gasteiger partial charge >= 0.3 is 0 Å². The molecule has 0 saturated heterocycles. The number of hydrogen-bond acceptors (Lipinski definition) is 4. The van der Waals surface area contributed by atoms with Crippen molar-refractivity contribution in [3.8, 4) is 0 Å². The first-order chi connectivity index (χ1) is 9.11. The van der Waals surface area contributed by atoms with Gasteiger partial charge in [0.25, 0.3) is 5.56 Å². The number of nitrogens with one attached hydrogen (secondary N) is 3. The Kier molecular flexibility index (Phi) is 4.34. The average Bonchev–Trinajstić information content (AvgIpc) is 2.79. The molecule has 2 heterocycles.